The highest BCUT2D eigenvalue weighted by Crippen LogP contribution is 2.09. The molecule has 0 aliphatic heterocycles. The zero-order valence-corrected chi connectivity index (χ0v) is 38.4. The summed E-state index contributed by atoms with van der Waals surface area (Å²) in [6.07, 6.45) is 68.5. The maximum Gasteiger partial charge on any atom is 0.306 e. The Hall–Kier alpha value is -4.71. The highest BCUT2D eigenvalue weighted by atomic mass is 16.6. The summed E-state index contributed by atoms with van der Waals surface area (Å²) in [5.74, 6) is -1.13. The minimum absolute atomic E-state index is 0.146. The predicted molar refractivity (Wildman–Crippen MR) is 260 cm³/mol. The Labute approximate surface area is 372 Å². The van der Waals surface area contributed by atoms with E-state index in [1.54, 1.807) is 0 Å². The number of rotatable bonds is 39. The molecule has 6 heteroatoms. The molecule has 0 saturated carbocycles. The van der Waals surface area contributed by atoms with Crippen molar-refractivity contribution in [1.29, 1.82) is 0 Å². The number of unbranched alkanes of at least 4 members (excludes halogenated alkanes) is 4. The van der Waals surface area contributed by atoms with Gasteiger partial charge in [-0.15, -0.1) is 0 Å². The van der Waals surface area contributed by atoms with E-state index in [-0.39, 0.29) is 38.0 Å². The van der Waals surface area contributed by atoms with E-state index in [1.165, 1.54) is 0 Å². The molecule has 0 rings (SSSR count). The third-order valence-electron chi connectivity index (χ3n) is 8.83. The third-order valence-corrected chi connectivity index (χ3v) is 8.83. The van der Waals surface area contributed by atoms with E-state index in [9.17, 15) is 14.4 Å². The van der Waals surface area contributed by atoms with Crippen LogP contribution in [-0.4, -0.2) is 37.2 Å². The summed E-state index contributed by atoms with van der Waals surface area (Å²) in [4.78, 5) is 37.8. The molecule has 1 unspecified atom stereocenters. The van der Waals surface area contributed by atoms with Crippen LogP contribution in [-0.2, 0) is 28.6 Å². The van der Waals surface area contributed by atoms with Crippen molar-refractivity contribution >= 4 is 17.9 Å². The van der Waals surface area contributed by atoms with Crippen LogP contribution in [0.4, 0.5) is 0 Å². The Kier molecular flexibility index (Phi) is 44.3. The second kappa shape index (κ2) is 48.0. The Balaban J connectivity index is 4.65. The van der Waals surface area contributed by atoms with Crippen LogP contribution < -0.4 is 0 Å². The van der Waals surface area contributed by atoms with Gasteiger partial charge in [0.1, 0.15) is 13.2 Å². The van der Waals surface area contributed by atoms with E-state index < -0.39 is 12.1 Å². The Bertz CT molecular complexity index is 1430. The van der Waals surface area contributed by atoms with Gasteiger partial charge >= 0.3 is 17.9 Å². The van der Waals surface area contributed by atoms with E-state index in [0.29, 0.717) is 19.3 Å². The average molecular weight is 839 g/mol. The SMILES string of the molecule is CC/C=C\C/C=C\C/C=C\C/C=C\C/C=C\CCCC(=O)OCC(COC(=O)CCCCC/C=C\C/C=C\C/C=C\CC)OC(=O)CC/C=C\C/C=C\C/C=C\C/C=C\CC. The molecule has 0 N–H and O–H groups in total. The minimum atomic E-state index is -0.856. The van der Waals surface area contributed by atoms with Gasteiger partial charge in [-0.25, -0.2) is 0 Å². The molecule has 61 heavy (non-hydrogen) atoms. The van der Waals surface area contributed by atoms with E-state index in [2.05, 4.69) is 154 Å². The van der Waals surface area contributed by atoms with Gasteiger partial charge in [-0.3, -0.25) is 14.4 Å². The summed E-state index contributed by atoms with van der Waals surface area (Å²) in [5.41, 5.74) is 0. The molecule has 1 atom stereocenters. The summed E-state index contributed by atoms with van der Waals surface area (Å²) in [5, 5.41) is 0. The molecule has 0 radical (unpaired) electrons. The summed E-state index contributed by atoms with van der Waals surface area (Å²) >= 11 is 0. The largest absolute Gasteiger partial charge is 0.462 e. The predicted octanol–water partition coefficient (Wildman–Crippen LogP) is 15.3. The van der Waals surface area contributed by atoms with Crippen molar-refractivity contribution < 1.29 is 28.6 Å². The van der Waals surface area contributed by atoms with E-state index in [1.807, 2.05) is 12.2 Å². The highest BCUT2D eigenvalue weighted by Gasteiger charge is 2.19. The second-order valence-electron chi connectivity index (χ2n) is 14.5. The number of carbonyl (C=O) groups is 3. The molecule has 0 aliphatic rings. The van der Waals surface area contributed by atoms with Crippen molar-refractivity contribution in [2.45, 2.75) is 168 Å². The molecule has 0 aromatic heterocycles. The van der Waals surface area contributed by atoms with Gasteiger partial charge in [-0.2, -0.15) is 0 Å². The lowest BCUT2D eigenvalue weighted by molar-refractivity contribution is -0.166. The number of hydrogen-bond donors (Lipinski definition) is 0. The quantitative estimate of drug-likeness (QED) is 0.0265. The minimum Gasteiger partial charge on any atom is -0.462 e. The summed E-state index contributed by atoms with van der Waals surface area (Å²) < 4.78 is 16.6. The summed E-state index contributed by atoms with van der Waals surface area (Å²) in [6.45, 7) is 6.11. The maximum atomic E-state index is 12.7. The molecule has 0 bridgehead atoms. The molecule has 0 aliphatic carbocycles. The van der Waals surface area contributed by atoms with Gasteiger partial charge in [-0.05, 0) is 116 Å². The van der Waals surface area contributed by atoms with Crippen LogP contribution >= 0.6 is 0 Å². The summed E-state index contributed by atoms with van der Waals surface area (Å²) in [6, 6.07) is 0. The van der Waals surface area contributed by atoms with Crippen molar-refractivity contribution in [2.75, 3.05) is 13.2 Å². The monoisotopic (exact) mass is 839 g/mol. The first-order valence-corrected chi connectivity index (χ1v) is 23.3. The fourth-order valence-corrected chi connectivity index (χ4v) is 5.44. The molecule has 0 amide bonds. The Morgan fingerprint density at radius 1 is 0.328 bits per heavy atom. The van der Waals surface area contributed by atoms with Gasteiger partial charge in [0, 0.05) is 19.3 Å². The van der Waals surface area contributed by atoms with Crippen molar-refractivity contribution in [1.82, 2.24) is 0 Å². The number of esters is 3. The first-order chi connectivity index (χ1) is 30.0. The number of hydrogen-bond acceptors (Lipinski definition) is 6. The molecule has 0 fully saturated rings. The van der Waals surface area contributed by atoms with E-state index >= 15 is 0 Å². The van der Waals surface area contributed by atoms with Crippen LogP contribution in [0.15, 0.2) is 146 Å². The maximum absolute atomic E-state index is 12.7. The van der Waals surface area contributed by atoms with E-state index in [4.69, 9.17) is 14.2 Å². The molecular formula is C55H82O6. The normalized spacial score (nSPS) is 13.4. The van der Waals surface area contributed by atoms with Crippen LogP contribution in [0.1, 0.15) is 162 Å². The number of ether oxygens (including phenoxy) is 3. The van der Waals surface area contributed by atoms with Gasteiger partial charge in [0.25, 0.3) is 0 Å². The van der Waals surface area contributed by atoms with Crippen molar-refractivity contribution in [3.05, 3.63) is 146 Å². The van der Waals surface area contributed by atoms with Gasteiger partial charge in [0.2, 0.25) is 0 Å². The first kappa shape index (κ1) is 56.3. The van der Waals surface area contributed by atoms with Crippen molar-refractivity contribution in [3.8, 4) is 0 Å². The van der Waals surface area contributed by atoms with Crippen LogP contribution in [0, 0.1) is 0 Å². The first-order valence-electron chi connectivity index (χ1n) is 23.3. The van der Waals surface area contributed by atoms with Gasteiger partial charge in [0.05, 0.1) is 0 Å². The molecule has 0 saturated heterocycles. The average Bonchev–Trinajstić information content (AvgIpc) is 3.26. The molecule has 0 heterocycles. The lowest BCUT2D eigenvalue weighted by atomic mass is 10.1. The topological polar surface area (TPSA) is 78.9 Å². The smallest absolute Gasteiger partial charge is 0.306 e. The highest BCUT2D eigenvalue weighted by molar-refractivity contribution is 5.71. The van der Waals surface area contributed by atoms with Crippen LogP contribution in [0.25, 0.3) is 0 Å². The molecule has 6 nitrogen and oxygen atoms in total. The fourth-order valence-electron chi connectivity index (χ4n) is 5.44. The molecule has 0 spiro atoms. The molecule has 0 aromatic rings. The zero-order chi connectivity index (χ0) is 44.4. The molecule has 338 valence electrons. The number of carbonyl (C=O) groups excluding carboxylic acids is 3. The molecule has 0 aromatic carbocycles. The third kappa shape index (κ3) is 46.2. The van der Waals surface area contributed by atoms with Gasteiger partial charge in [-0.1, -0.05) is 173 Å². The van der Waals surface area contributed by atoms with E-state index in [0.717, 1.165) is 109 Å². The second-order valence-corrected chi connectivity index (χ2v) is 14.5. The van der Waals surface area contributed by atoms with Crippen molar-refractivity contribution in [3.63, 3.8) is 0 Å². The molecular weight excluding hydrogens is 757 g/mol. The van der Waals surface area contributed by atoms with Crippen molar-refractivity contribution in [2.24, 2.45) is 0 Å². The summed E-state index contributed by atoms with van der Waals surface area (Å²) in [7, 11) is 0. The zero-order valence-electron chi connectivity index (χ0n) is 38.4. The van der Waals surface area contributed by atoms with Crippen LogP contribution in [0.2, 0.25) is 0 Å². The lowest BCUT2D eigenvalue weighted by Crippen LogP contribution is -2.30. The number of allylic oxidation sites excluding steroid dienone is 24. The van der Waals surface area contributed by atoms with Gasteiger partial charge < -0.3 is 14.2 Å². The lowest BCUT2D eigenvalue weighted by Gasteiger charge is -2.18. The Morgan fingerprint density at radius 2 is 0.639 bits per heavy atom. The Morgan fingerprint density at radius 3 is 1.02 bits per heavy atom. The van der Waals surface area contributed by atoms with Crippen LogP contribution in [0.5, 0.6) is 0 Å². The van der Waals surface area contributed by atoms with Crippen LogP contribution in [0.3, 0.4) is 0 Å². The van der Waals surface area contributed by atoms with Gasteiger partial charge in [0.15, 0.2) is 6.10 Å². The standard InChI is InChI=1S/C55H82O6/c1-4-7-10-13-16-19-22-25-26-27-28-31-33-36-39-42-45-48-54(57)60-51-52(61-55(58)49-46-43-40-37-34-30-24-21-18-15-12-9-6-3)50-59-53(56)47-44-41-38-35-32-29-23-20-17-14-11-8-5-2/h7-12,16-21,25-26,28-32,34,36,39-40,43,52H,4-6,13-15,22-24,27,33,35,37-38,41-42,44-51H2,1-3H3/b10-7-,11-8-,12-9-,19-16-,20-17-,21-18-,26-25-,31-28-,32-29-,34-30-,39-36-,43-40-. The fraction of sp³-hybridized carbons (Fsp3) is 0.509.